The summed E-state index contributed by atoms with van der Waals surface area (Å²) in [6.07, 6.45) is 41.7. The molecule has 2 atom stereocenters. The van der Waals surface area contributed by atoms with Crippen LogP contribution in [0.4, 0.5) is 0 Å². The van der Waals surface area contributed by atoms with E-state index in [0.717, 1.165) is 57.8 Å². The van der Waals surface area contributed by atoms with Crippen molar-refractivity contribution in [1.29, 1.82) is 0 Å². The van der Waals surface area contributed by atoms with E-state index in [1.807, 2.05) is 0 Å². The monoisotopic (exact) mass is 762 g/mol. The molecule has 0 aliphatic rings. The highest BCUT2D eigenvalue weighted by atomic mass is 16.6. The molecule has 0 saturated heterocycles. The van der Waals surface area contributed by atoms with E-state index < -0.39 is 18.1 Å². The minimum Gasteiger partial charge on any atom is -0.544 e. The molecule has 0 aromatic rings. The second-order valence-electron chi connectivity index (χ2n) is 16.0. The van der Waals surface area contributed by atoms with Crippen molar-refractivity contribution in [2.24, 2.45) is 0 Å². The van der Waals surface area contributed by atoms with E-state index in [-0.39, 0.29) is 42.7 Å². The molecule has 0 rings (SSSR count). The largest absolute Gasteiger partial charge is 0.544 e. The number of carbonyl (C=O) groups excluding carboxylic acids is 3. The predicted octanol–water partition coefficient (Wildman–Crippen LogP) is 10.5. The minimum absolute atomic E-state index is 0.0367. The highest BCUT2D eigenvalue weighted by Crippen LogP contribution is 2.14. The Labute approximate surface area is 332 Å². The van der Waals surface area contributed by atoms with Crippen LogP contribution in [-0.4, -0.2) is 75.5 Å². The number of aliphatic carboxylic acids is 1. The van der Waals surface area contributed by atoms with Crippen molar-refractivity contribution < 1.29 is 38.2 Å². The van der Waals surface area contributed by atoms with Crippen LogP contribution in [0.1, 0.15) is 187 Å². The Morgan fingerprint density at radius 2 is 1.00 bits per heavy atom. The van der Waals surface area contributed by atoms with Crippen LogP contribution in [0.15, 0.2) is 36.5 Å². The fraction of sp³-hybridized carbons (Fsp3) is 0.804. The standard InChI is InChI=1S/C46H83NO7/c1-6-8-10-12-14-16-18-19-20-21-22-23-24-25-26-27-29-31-33-35-37-45(49)54-42(40-52-39-38-43(46(50)51)47(3,4)5)41-53-44(48)36-34-32-30-28-17-15-13-11-9-7-2/h13,15-16,18-20,42-43H,6-12,14,17,21-41H2,1-5H3/b15-13+,18-16+,20-19+. The quantitative estimate of drug-likeness (QED) is 0.0202. The first-order valence-corrected chi connectivity index (χ1v) is 22.0. The number of quaternary nitrogens is 1. The Balaban J connectivity index is 4.29. The molecule has 8 nitrogen and oxygen atoms in total. The molecular weight excluding hydrogens is 679 g/mol. The van der Waals surface area contributed by atoms with Gasteiger partial charge >= 0.3 is 11.9 Å². The Morgan fingerprint density at radius 1 is 0.556 bits per heavy atom. The summed E-state index contributed by atoms with van der Waals surface area (Å²) in [5, 5.41) is 11.6. The van der Waals surface area contributed by atoms with Gasteiger partial charge in [0.2, 0.25) is 0 Å². The van der Waals surface area contributed by atoms with Gasteiger partial charge in [-0.25, -0.2) is 0 Å². The summed E-state index contributed by atoms with van der Waals surface area (Å²) in [5.41, 5.74) is 0. The highest BCUT2D eigenvalue weighted by Gasteiger charge is 2.25. The zero-order valence-corrected chi connectivity index (χ0v) is 35.6. The summed E-state index contributed by atoms with van der Waals surface area (Å²) in [4.78, 5) is 36.8. The van der Waals surface area contributed by atoms with E-state index >= 15 is 0 Å². The van der Waals surface area contributed by atoms with Crippen LogP contribution in [0, 0.1) is 0 Å². The third-order valence-electron chi connectivity index (χ3n) is 9.78. The molecule has 0 bridgehead atoms. The molecule has 8 heteroatoms. The lowest BCUT2D eigenvalue weighted by molar-refractivity contribution is -0.889. The normalized spacial score (nSPS) is 13.3. The van der Waals surface area contributed by atoms with Crippen molar-refractivity contribution in [1.82, 2.24) is 0 Å². The van der Waals surface area contributed by atoms with Crippen LogP contribution in [0.25, 0.3) is 0 Å². The summed E-state index contributed by atoms with van der Waals surface area (Å²) in [6, 6.07) is -0.726. The van der Waals surface area contributed by atoms with Crippen LogP contribution in [-0.2, 0) is 28.6 Å². The van der Waals surface area contributed by atoms with Gasteiger partial charge in [0.15, 0.2) is 6.10 Å². The number of hydrogen-bond donors (Lipinski definition) is 0. The van der Waals surface area contributed by atoms with Gasteiger partial charge in [0.05, 0.1) is 40.3 Å². The molecule has 0 fully saturated rings. The smallest absolute Gasteiger partial charge is 0.306 e. The number of carboxylic acids is 1. The fourth-order valence-corrected chi connectivity index (χ4v) is 6.28. The molecule has 314 valence electrons. The zero-order valence-electron chi connectivity index (χ0n) is 35.6. The molecule has 0 spiro atoms. The number of nitrogens with zero attached hydrogens (tertiary/aromatic N) is 1. The van der Waals surface area contributed by atoms with E-state index in [1.165, 1.54) is 96.3 Å². The summed E-state index contributed by atoms with van der Waals surface area (Å²) in [6.45, 7) is 4.58. The summed E-state index contributed by atoms with van der Waals surface area (Å²) < 4.78 is 17.1. The van der Waals surface area contributed by atoms with Crippen LogP contribution in [0.3, 0.4) is 0 Å². The average molecular weight is 762 g/mol. The van der Waals surface area contributed by atoms with Crippen molar-refractivity contribution in [3.63, 3.8) is 0 Å². The summed E-state index contributed by atoms with van der Waals surface area (Å²) in [7, 11) is 5.40. The maximum Gasteiger partial charge on any atom is 0.306 e. The lowest BCUT2D eigenvalue weighted by atomic mass is 10.1. The van der Waals surface area contributed by atoms with Gasteiger partial charge in [-0.2, -0.15) is 0 Å². The molecule has 0 aromatic heterocycles. The molecule has 0 amide bonds. The lowest BCUT2D eigenvalue weighted by Crippen LogP contribution is -2.55. The maximum atomic E-state index is 12.7. The van der Waals surface area contributed by atoms with Gasteiger partial charge in [-0.05, 0) is 57.8 Å². The third-order valence-corrected chi connectivity index (χ3v) is 9.78. The second-order valence-corrected chi connectivity index (χ2v) is 16.0. The van der Waals surface area contributed by atoms with Crippen LogP contribution in [0.5, 0.6) is 0 Å². The minimum atomic E-state index is -1.13. The van der Waals surface area contributed by atoms with Gasteiger partial charge in [0.25, 0.3) is 0 Å². The number of unbranched alkanes of at least 4 members (excludes halogenated alkanes) is 20. The maximum absolute atomic E-state index is 12.7. The number of ether oxygens (including phenoxy) is 3. The second kappa shape index (κ2) is 37.5. The predicted molar refractivity (Wildman–Crippen MR) is 222 cm³/mol. The first-order valence-electron chi connectivity index (χ1n) is 22.0. The number of carboxylic acid groups (broad SMARTS) is 1. The van der Waals surface area contributed by atoms with Crippen molar-refractivity contribution in [3.8, 4) is 0 Å². The van der Waals surface area contributed by atoms with E-state index in [1.54, 1.807) is 21.1 Å². The first kappa shape index (κ1) is 51.5. The van der Waals surface area contributed by atoms with Crippen molar-refractivity contribution in [2.75, 3.05) is 41.0 Å². The highest BCUT2D eigenvalue weighted by molar-refractivity contribution is 5.70. The van der Waals surface area contributed by atoms with Crippen LogP contribution in [0.2, 0.25) is 0 Å². The van der Waals surface area contributed by atoms with Crippen LogP contribution < -0.4 is 5.11 Å². The fourth-order valence-electron chi connectivity index (χ4n) is 6.28. The van der Waals surface area contributed by atoms with Crippen molar-refractivity contribution >= 4 is 17.9 Å². The van der Waals surface area contributed by atoms with Gasteiger partial charge < -0.3 is 28.6 Å². The number of rotatable bonds is 39. The van der Waals surface area contributed by atoms with Crippen molar-refractivity contribution in [2.45, 2.75) is 199 Å². The molecule has 54 heavy (non-hydrogen) atoms. The Morgan fingerprint density at radius 3 is 1.50 bits per heavy atom. The van der Waals surface area contributed by atoms with E-state index in [9.17, 15) is 19.5 Å². The molecule has 0 aliphatic carbocycles. The van der Waals surface area contributed by atoms with Gasteiger partial charge in [-0.15, -0.1) is 0 Å². The van der Waals surface area contributed by atoms with Crippen molar-refractivity contribution in [3.05, 3.63) is 36.5 Å². The Kier molecular flexibility index (Phi) is 35.8. The summed E-state index contributed by atoms with van der Waals surface area (Å²) >= 11 is 0. The van der Waals surface area contributed by atoms with Gasteiger partial charge in [0, 0.05) is 19.3 Å². The number of likely N-dealkylation sites (N-methyl/N-ethyl adjacent to an activating group) is 1. The molecule has 0 N–H and O–H groups in total. The lowest BCUT2D eigenvalue weighted by Gasteiger charge is -2.34. The summed E-state index contributed by atoms with van der Waals surface area (Å²) in [5.74, 6) is -1.76. The molecule has 0 aromatic carbocycles. The number of esters is 2. The van der Waals surface area contributed by atoms with Gasteiger partial charge in [-0.3, -0.25) is 9.59 Å². The zero-order chi connectivity index (χ0) is 40.0. The average Bonchev–Trinajstić information content (AvgIpc) is 3.12. The Hall–Kier alpha value is -2.45. The topological polar surface area (TPSA) is 102 Å². The first-order chi connectivity index (χ1) is 26.1. The number of hydrogen-bond acceptors (Lipinski definition) is 7. The molecule has 2 unspecified atom stereocenters. The van der Waals surface area contributed by atoms with Gasteiger partial charge in [0.1, 0.15) is 12.6 Å². The molecular formula is C46H83NO7. The number of carbonyl (C=O) groups is 3. The Bertz CT molecular complexity index is 984. The molecule has 0 heterocycles. The molecule has 0 aliphatic heterocycles. The number of allylic oxidation sites excluding steroid dienone is 6. The molecule has 0 radical (unpaired) electrons. The third kappa shape index (κ3) is 35.3. The van der Waals surface area contributed by atoms with E-state index in [0.29, 0.717) is 12.8 Å². The van der Waals surface area contributed by atoms with Gasteiger partial charge in [-0.1, -0.05) is 147 Å². The van der Waals surface area contributed by atoms with Crippen LogP contribution >= 0.6 is 0 Å². The van der Waals surface area contributed by atoms with E-state index in [4.69, 9.17) is 14.2 Å². The molecule has 0 saturated carbocycles. The SMILES string of the molecule is CCCC/C=C/CCCCCCC(=O)OCC(COCCC(C(=O)[O-])[N+](C)(C)C)OC(=O)CCCCCCCCCCCC/C=C/C=C/CCCCCC. The van der Waals surface area contributed by atoms with E-state index in [2.05, 4.69) is 50.3 Å².